The molecule has 0 saturated carbocycles. The number of hydrogen-bond donors (Lipinski definition) is 1. The number of carbonyl (C=O) groups is 1. The summed E-state index contributed by atoms with van der Waals surface area (Å²) < 4.78 is 6.90. The Balaban J connectivity index is 1.35. The molecule has 0 aliphatic carbocycles. The van der Waals surface area contributed by atoms with E-state index in [-0.39, 0.29) is 5.91 Å². The fourth-order valence-electron chi connectivity index (χ4n) is 2.77. The molecule has 0 fully saturated rings. The Morgan fingerprint density at radius 3 is 2.29 bits per heavy atom. The zero-order chi connectivity index (χ0) is 22.1. The maximum atomic E-state index is 12.1. The minimum absolute atomic E-state index is 0.0198. The van der Waals surface area contributed by atoms with E-state index in [1.165, 1.54) is 39.8 Å². The molecule has 3 rings (SSSR count). The fourth-order valence-corrected chi connectivity index (χ4v) is 5.58. The Hall–Kier alpha value is -2.03. The smallest absolute Gasteiger partial charge is 0.230 e. The summed E-state index contributed by atoms with van der Waals surface area (Å²) in [4.78, 5) is 12.1. The molecular weight excluding hydrogens is 446 g/mol. The lowest BCUT2D eigenvalue weighted by molar-refractivity contribution is -0.118. The molecule has 0 bridgehead atoms. The van der Waals surface area contributed by atoms with Crippen molar-refractivity contribution < 1.29 is 9.53 Å². The van der Waals surface area contributed by atoms with Gasteiger partial charge in [0.15, 0.2) is 8.68 Å². The fraction of sp³-hybridized carbons (Fsp3) is 0.348. The molecule has 1 aromatic heterocycles. The molecule has 8 heteroatoms. The lowest BCUT2D eigenvalue weighted by atomic mass is 10.0. The molecule has 1 amide bonds. The van der Waals surface area contributed by atoms with Crippen LogP contribution in [0.25, 0.3) is 0 Å². The van der Waals surface area contributed by atoms with E-state index in [2.05, 4.69) is 53.6 Å². The molecule has 1 heterocycles. The highest BCUT2D eigenvalue weighted by molar-refractivity contribution is 8.03. The highest BCUT2D eigenvalue weighted by Crippen LogP contribution is 2.30. The van der Waals surface area contributed by atoms with Crippen molar-refractivity contribution >= 4 is 40.8 Å². The molecule has 1 N–H and O–H groups in total. The Labute approximate surface area is 196 Å². The topological polar surface area (TPSA) is 64.1 Å². The number of nitrogens with zero attached hydrogens (tertiary/aromatic N) is 2. The van der Waals surface area contributed by atoms with Crippen LogP contribution >= 0.6 is 34.9 Å². The van der Waals surface area contributed by atoms with E-state index in [4.69, 9.17) is 4.74 Å². The molecular formula is C23H27N3O2S3. The summed E-state index contributed by atoms with van der Waals surface area (Å²) in [7, 11) is 1.66. The number of ether oxygens (including phenoxy) is 1. The Morgan fingerprint density at radius 2 is 1.65 bits per heavy atom. The highest BCUT2D eigenvalue weighted by atomic mass is 32.2. The monoisotopic (exact) mass is 473 g/mol. The first-order chi connectivity index (χ1) is 15.0. The van der Waals surface area contributed by atoms with Crippen LogP contribution in [0.15, 0.2) is 57.2 Å². The average Bonchev–Trinajstić information content (AvgIpc) is 3.25. The zero-order valence-electron chi connectivity index (χ0n) is 18.0. The van der Waals surface area contributed by atoms with Gasteiger partial charge in [-0.25, -0.2) is 0 Å². The van der Waals surface area contributed by atoms with E-state index in [0.29, 0.717) is 18.2 Å². The van der Waals surface area contributed by atoms with Crippen LogP contribution < -0.4 is 10.1 Å². The van der Waals surface area contributed by atoms with E-state index in [1.807, 2.05) is 24.3 Å². The second-order valence-electron chi connectivity index (χ2n) is 7.26. The number of rotatable bonds is 11. The number of hydrogen-bond acceptors (Lipinski definition) is 7. The van der Waals surface area contributed by atoms with Crippen molar-refractivity contribution in [3.8, 4) is 5.75 Å². The van der Waals surface area contributed by atoms with Crippen LogP contribution in [-0.4, -0.2) is 35.5 Å². The van der Waals surface area contributed by atoms with E-state index in [1.54, 1.807) is 18.9 Å². The van der Waals surface area contributed by atoms with Crippen molar-refractivity contribution in [3.63, 3.8) is 0 Å². The van der Waals surface area contributed by atoms with E-state index in [9.17, 15) is 4.79 Å². The van der Waals surface area contributed by atoms with Crippen molar-refractivity contribution in [2.45, 2.75) is 40.6 Å². The van der Waals surface area contributed by atoms with Crippen molar-refractivity contribution in [2.24, 2.45) is 0 Å². The summed E-state index contributed by atoms with van der Waals surface area (Å²) in [5.41, 5.74) is 3.77. The summed E-state index contributed by atoms with van der Waals surface area (Å²) in [6.45, 7) is 5.01. The van der Waals surface area contributed by atoms with E-state index < -0.39 is 0 Å². The number of thioether (sulfide) groups is 2. The molecule has 0 spiro atoms. The van der Waals surface area contributed by atoms with E-state index >= 15 is 0 Å². The second-order valence-corrected chi connectivity index (χ2v) is 10.7. The Bertz CT molecular complexity index is 957. The van der Waals surface area contributed by atoms with Crippen LogP contribution in [0.4, 0.5) is 0 Å². The molecule has 0 aliphatic rings. The Morgan fingerprint density at radius 1 is 1.00 bits per heavy atom. The average molecular weight is 474 g/mol. The van der Waals surface area contributed by atoms with Crippen LogP contribution in [0, 0.1) is 0 Å². The third kappa shape index (κ3) is 7.87. The van der Waals surface area contributed by atoms with Gasteiger partial charge in [-0.15, -0.1) is 10.2 Å². The lowest BCUT2D eigenvalue weighted by Gasteiger charge is -2.07. The number of amides is 1. The Kier molecular flexibility index (Phi) is 9.24. The van der Waals surface area contributed by atoms with Gasteiger partial charge in [-0.2, -0.15) is 0 Å². The minimum Gasteiger partial charge on any atom is -0.497 e. The number of methoxy groups -OCH3 is 1. The van der Waals surface area contributed by atoms with Crippen LogP contribution in [0.2, 0.25) is 0 Å². The first-order valence-electron chi connectivity index (χ1n) is 10.1. The van der Waals surface area contributed by atoms with Gasteiger partial charge in [0.25, 0.3) is 0 Å². The first-order valence-corrected chi connectivity index (χ1v) is 12.9. The summed E-state index contributed by atoms with van der Waals surface area (Å²) in [5, 5.41) is 11.4. The van der Waals surface area contributed by atoms with Crippen molar-refractivity contribution in [3.05, 3.63) is 65.2 Å². The zero-order valence-corrected chi connectivity index (χ0v) is 20.4. The molecule has 0 atom stereocenters. The van der Waals surface area contributed by atoms with Gasteiger partial charge in [0.05, 0.1) is 12.9 Å². The molecule has 0 aliphatic heterocycles. The van der Waals surface area contributed by atoms with Gasteiger partial charge in [0, 0.05) is 12.3 Å². The molecule has 0 saturated heterocycles. The van der Waals surface area contributed by atoms with Gasteiger partial charge < -0.3 is 10.1 Å². The first kappa shape index (κ1) is 23.6. The summed E-state index contributed by atoms with van der Waals surface area (Å²) >= 11 is 4.60. The van der Waals surface area contributed by atoms with Gasteiger partial charge in [-0.3, -0.25) is 4.79 Å². The normalized spacial score (nSPS) is 11.0. The van der Waals surface area contributed by atoms with Gasteiger partial charge in [0.1, 0.15) is 5.75 Å². The van der Waals surface area contributed by atoms with Gasteiger partial charge in [0.2, 0.25) is 5.91 Å². The van der Waals surface area contributed by atoms with Crippen molar-refractivity contribution in [1.29, 1.82) is 0 Å². The van der Waals surface area contributed by atoms with Crippen LogP contribution in [0.3, 0.4) is 0 Å². The van der Waals surface area contributed by atoms with Gasteiger partial charge in [-0.1, -0.05) is 85.1 Å². The van der Waals surface area contributed by atoms with Crippen molar-refractivity contribution in [2.75, 3.05) is 19.4 Å². The molecule has 0 unspecified atom stereocenters. The largest absolute Gasteiger partial charge is 0.497 e. The van der Waals surface area contributed by atoms with Gasteiger partial charge >= 0.3 is 0 Å². The maximum Gasteiger partial charge on any atom is 0.230 e. The number of benzene rings is 2. The molecule has 2 aromatic carbocycles. The number of aromatic nitrogens is 2. The quantitative estimate of drug-likeness (QED) is 0.376. The van der Waals surface area contributed by atoms with E-state index in [0.717, 1.165) is 26.6 Å². The van der Waals surface area contributed by atoms with Crippen LogP contribution in [0.5, 0.6) is 5.75 Å². The third-order valence-corrected chi connectivity index (χ3v) is 7.88. The minimum atomic E-state index is 0.0198. The SMILES string of the molecule is COc1ccc(CSc2nnc(SCC(=O)NCCc3ccc(C(C)C)cc3)s2)cc1. The molecule has 5 nitrogen and oxygen atoms in total. The summed E-state index contributed by atoms with van der Waals surface area (Å²) in [6, 6.07) is 16.6. The lowest BCUT2D eigenvalue weighted by Crippen LogP contribution is -2.27. The number of nitrogens with one attached hydrogen (secondary N) is 1. The highest BCUT2D eigenvalue weighted by Gasteiger charge is 2.09. The molecule has 0 radical (unpaired) electrons. The molecule has 3 aromatic rings. The van der Waals surface area contributed by atoms with Crippen LogP contribution in [-0.2, 0) is 17.0 Å². The summed E-state index contributed by atoms with van der Waals surface area (Å²) in [5.74, 6) is 2.58. The molecule has 31 heavy (non-hydrogen) atoms. The third-order valence-electron chi connectivity index (χ3n) is 4.62. The van der Waals surface area contributed by atoms with Gasteiger partial charge in [-0.05, 0) is 41.2 Å². The number of carbonyl (C=O) groups excluding carboxylic acids is 1. The second kappa shape index (κ2) is 12.1. The maximum absolute atomic E-state index is 12.1. The summed E-state index contributed by atoms with van der Waals surface area (Å²) in [6.07, 6.45) is 0.833. The molecule has 164 valence electrons. The van der Waals surface area contributed by atoms with Crippen LogP contribution in [0.1, 0.15) is 36.5 Å². The predicted molar refractivity (Wildman–Crippen MR) is 130 cm³/mol. The predicted octanol–water partition coefficient (Wildman–Crippen LogP) is 5.41. The standard InChI is InChI=1S/C23H27N3O2S3/c1-16(2)19-8-4-17(5-9-19)12-13-24-21(27)15-30-23-26-25-22(31-23)29-14-18-6-10-20(28-3)11-7-18/h4-11,16H,12-15H2,1-3H3,(H,24,27). The van der Waals surface area contributed by atoms with Crippen molar-refractivity contribution in [1.82, 2.24) is 15.5 Å².